The zero-order valence-corrected chi connectivity index (χ0v) is 16.2. The molecule has 3 rings (SSSR count). The molecule has 4 nitrogen and oxygen atoms in total. The first-order valence-corrected chi connectivity index (χ1v) is 10.1. The Balaban J connectivity index is 1.59. The molecule has 146 valence electrons. The second kappa shape index (κ2) is 8.73. The highest BCUT2D eigenvalue weighted by molar-refractivity contribution is 5.85. The van der Waals surface area contributed by atoms with Crippen molar-refractivity contribution in [3.05, 3.63) is 48.0 Å². The SMILES string of the molecule is C=C1C(CC(=O)OCc2ccccc2)OC(=O)C1(CC)CC1CCCCC1. The minimum absolute atomic E-state index is 0.0455. The predicted octanol–water partition coefficient (Wildman–Crippen LogP) is 4.97. The Bertz CT molecular complexity index is 675. The normalized spacial score (nSPS) is 26.0. The van der Waals surface area contributed by atoms with E-state index in [9.17, 15) is 9.59 Å². The van der Waals surface area contributed by atoms with Gasteiger partial charge in [0, 0.05) is 0 Å². The van der Waals surface area contributed by atoms with Crippen molar-refractivity contribution in [2.24, 2.45) is 11.3 Å². The Morgan fingerprint density at radius 3 is 2.59 bits per heavy atom. The van der Waals surface area contributed by atoms with E-state index in [4.69, 9.17) is 9.47 Å². The summed E-state index contributed by atoms with van der Waals surface area (Å²) in [5, 5.41) is 0. The lowest BCUT2D eigenvalue weighted by Crippen LogP contribution is -2.31. The van der Waals surface area contributed by atoms with Crippen molar-refractivity contribution < 1.29 is 19.1 Å². The van der Waals surface area contributed by atoms with Crippen LogP contribution in [-0.2, 0) is 25.7 Å². The van der Waals surface area contributed by atoms with Gasteiger partial charge in [0.1, 0.15) is 12.7 Å². The molecule has 1 heterocycles. The van der Waals surface area contributed by atoms with E-state index < -0.39 is 11.5 Å². The fourth-order valence-corrected chi connectivity index (χ4v) is 4.48. The quantitative estimate of drug-likeness (QED) is 0.502. The van der Waals surface area contributed by atoms with Gasteiger partial charge < -0.3 is 9.47 Å². The second-order valence-electron chi connectivity index (χ2n) is 7.91. The molecule has 1 aromatic rings. The standard InChI is InChI=1S/C23H30O4/c1-3-23(15-18-10-6-4-7-11-18)17(2)20(27-22(23)25)14-21(24)26-16-19-12-8-5-9-13-19/h5,8-9,12-13,18,20H,2-4,6-7,10-11,14-16H2,1H3. The molecule has 27 heavy (non-hydrogen) atoms. The highest BCUT2D eigenvalue weighted by atomic mass is 16.6. The Labute approximate surface area is 161 Å². The molecule has 4 heteroatoms. The number of esters is 2. The number of carbonyl (C=O) groups excluding carboxylic acids is 2. The van der Waals surface area contributed by atoms with Crippen LogP contribution in [0.5, 0.6) is 0 Å². The summed E-state index contributed by atoms with van der Waals surface area (Å²) in [7, 11) is 0. The van der Waals surface area contributed by atoms with Crippen LogP contribution < -0.4 is 0 Å². The van der Waals surface area contributed by atoms with Gasteiger partial charge in [-0.1, -0.05) is 75.9 Å². The maximum Gasteiger partial charge on any atom is 0.316 e. The topological polar surface area (TPSA) is 52.6 Å². The van der Waals surface area contributed by atoms with E-state index in [1.54, 1.807) is 0 Å². The first kappa shape index (κ1) is 19.7. The molecule has 2 aliphatic rings. The zero-order chi connectivity index (χ0) is 19.3. The molecule has 0 spiro atoms. The van der Waals surface area contributed by atoms with Gasteiger partial charge in [-0.25, -0.2) is 0 Å². The van der Waals surface area contributed by atoms with E-state index in [-0.39, 0.29) is 25.0 Å². The monoisotopic (exact) mass is 370 g/mol. The summed E-state index contributed by atoms with van der Waals surface area (Å²) in [6, 6.07) is 9.56. The van der Waals surface area contributed by atoms with Gasteiger partial charge >= 0.3 is 11.9 Å². The van der Waals surface area contributed by atoms with E-state index in [2.05, 4.69) is 6.58 Å². The smallest absolute Gasteiger partial charge is 0.316 e. The molecule has 0 amide bonds. The van der Waals surface area contributed by atoms with E-state index in [1.807, 2.05) is 37.3 Å². The Morgan fingerprint density at radius 2 is 1.93 bits per heavy atom. The summed E-state index contributed by atoms with van der Waals surface area (Å²) < 4.78 is 11.0. The zero-order valence-electron chi connectivity index (χ0n) is 16.2. The lowest BCUT2D eigenvalue weighted by molar-refractivity contribution is -0.153. The van der Waals surface area contributed by atoms with Crippen LogP contribution >= 0.6 is 0 Å². The van der Waals surface area contributed by atoms with Gasteiger partial charge in [-0.15, -0.1) is 0 Å². The molecule has 0 radical (unpaired) electrons. The lowest BCUT2D eigenvalue weighted by atomic mass is 9.69. The van der Waals surface area contributed by atoms with Gasteiger partial charge in [-0.05, 0) is 29.9 Å². The van der Waals surface area contributed by atoms with Gasteiger partial charge in [0.25, 0.3) is 0 Å². The van der Waals surface area contributed by atoms with Crippen LogP contribution in [0.4, 0.5) is 0 Å². The molecule has 1 saturated heterocycles. The summed E-state index contributed by atoms with van der Waals surface area (Å²) in [5.74, 6) is -0.0180. The van der Waals surface area contributed by atoms with Crippen LogP contribution in [0.2, 0.25) is 0 Å². The third-order valence-electron chi connectivity index (χ3n) is 6.20. The van der Waals surface area contributed by atoms with Crippen molar-refractivity contribution in [1.82, 2.24) is 0 Å². The van der Waals surface area contributed by atoms with Gasteiger partial charge in [0.15, 0.2) is 0 Å². The van der Waals surface area contributed by atoms with Gasteiger partial charge in [0.05, 0.1) is 11.8 Å². The van der Waals surface area contributed by atoms with Crippen molar-refractivity contribution in [2.45, 2.75) is 71.0 Å². The van der Waals surface area contributed by atoms with Gasteiger partial charge in [-0.2, -0.15) is 0 Å². The molecule has 0 bridgehead atoms. The number of benzene rings is 1. The Hall–Kier alpha value is -2.10. The van der Waals surface area contributed by atoms with Crippen molar-refractivity contribution in [3.63, 3.8) is 0 Å². The maximum atomic E-state index is 12.7. The lowest BCUT2D eigenvalue weighted by Gasteiger charge is -2.32. The predicted molar refractivity (Wildman–Crippen MR) is 104 cm³/mol. The molecule has 0 aromatic heterocycles. The summed E-state index contributed by atoms with van der Waals surface area (Å²) in [6.45, 7) is 6.44. The maximum absolute atomic E-state index is 12.7. The first-order valence-electron chi connectivity index (χ1n) is 10.1. The van der Waals surface area contributed by atoms with E-state index in [0.29, 0.717) is 12.3 Å². The van der Waals surface area contributed by atoms with Crippen molar-refractivity contribution in [2.75, 3.05) is 0 Å². The van der Waals surface area contributed by atoms with Crippen molar-refractivity contribution >= 4 is 11.9 Å². The summed E-state index contributed by atoms with van der Waals surface area (Å²) in [6.07, 6.45) is 7.07. The summed E-state index contributed by atoms with van der Waals surface area (Å²) >= 11 is 0. The Kier molecular flexibility index (Phi) is 6.35. The molecule has 2 atom stereocenters. The second-order valence-corrected chi connectivity index (χ2v) is 7.91. The van der Waals surface area contributed by atoms with Gasteiger partial charge in [0.2, 0.25) is 0 Å². The minimum Gasteiger partial charge on any atom is -0.461 e. The number of ether oxygens (including phenoxy) is 2. The first-order chi connectivity index (χ1) is 13.0. The average Bonchev–Trinajstić information content (AvgIpc) is 2.92. The summed E-state index contributed by atoms with van der Waals surface area (Å²) in [4.78, 5) is 25.0. The largest absolute Gasteiger partial charge is 0.461 e. The van der Waals surface area contributed by atoms with Crippen LogP contribution in [0.15, 0.2) is 42.5 Å². The molecular formula is C23H30O4. The van der Waals surface area contributed by atoms with E-state index in [1.165, 1.54) is 32.1 Å². The van der Waals surface area contributed by atoms with E-state index >= 15 is 0 Å². The number of carbonyl (C=O) groups is 2. The number of rotatable bonds is 7. The third-order valence-corrected chi connectivity index (χ3v) is 6.20. The molecule has 0 N–H and O–H groups in total. The minimum atomic E-state index is -0.633. The van der Waals surface area contributed by atoms with Crippen LogP contribution in [-0.4, -0.2) is 18.0 Å². The van der Waals surface area contributed by atoms with Crippen LogP contribution in [0.1, 0.15) is 63.9 Å². The molecular weight excluding hydrogens is 340 g/mol. The Morgan fingerprint density at radius 1 is 1.22 bits per heavy atom. The molecule has 1 aliphatic heterocycles. The van der Waals surface area contributed by atoms with E-state index in [0.717, 1.165) is 17.6 Å². The van der Waals surface area contributed by atoms with Crippen LogP contribution in [0.25, 0.3) is 0 Å². The summed E-state index contributed by atoms with van der Waals surface area (Å²) in [5.41, 5.74) is 1.07. The number of hydrogen-bond acceptors (Lipinski definition) is 4. The molecule has 2 unspecified atom stereocenters. The fraction of sp³-hybridized carbons (Fsp3) is 0.565. The number of cyclic esters (lactones) is 1. The average molecular weight is 370 g/mol. The highest BCUT2D eigenvalue weighted by Crippen LogP contribution is 2.48. The molecule has 2 fully saturated rings. The van der Waals surface area contributed by atoms with Crippen molar-refractivity contribution in [1.29, 1.82) is 0 Å². The molecule has 1 saturated carbocycles. The van der Waals surface area contributed by atoms with Crippen LogP contribution in [0, 0.1) is 11.3 Å². The molecule has 1 aromatic carbocycles. The fourth-order valence-electron chi connectivity index (χ4n) is 4.48. The third kappa shape index (κ3) is 4.42. The highest BCUT2D eigenvalue weighted by Gasteiger charge is 2.52. The van der Waals surface area contributed by atoms with Crippen LogP contribution in [0.3, 0.4) is 0 Å². The van der Waals surface area contributed by atoms with Gasteiger partial charge in [-0.3, -0.25) is 9.59 Å². The van der Waals surface area contributed by atoms with Crippen molar-refractivity contribution in [3.8, 4) is 0 Å². The molecule has 1 aliphatic carbocycles. The number of hydrogen-bond donors (Lipinski definition) is 0.